The van der Waals surface area contributed by atoms with E-state index in [9.17, 15) is 4.79 Å². The largest absolute Gasteiger partial charge is 0.347 e. The van der Waals surface area contributed by atoms with Gasteiger partial charge in [-0.15, -0.1) is 0 Å². The van der Waals surface area contributed by atoms with Crippen LogP contribution in [0.1, 0.15) is 35.8 Å². The van der Waals surface area contributed by atoms with Crippen molar-refractivity contribution >= 4 is 12.2 Å². The molecule has 0 aromatic carbocycles. The van der Waals surface area contributed by atoms with Gasteiger partial charge in [-0.05, 0) is 5.92 Å². The highest BCUT2D eigenvalue weighted by molar-refractivity contribution is 5.76. The molecule has 1 rings (SSSR count). The van der Waals surface area contributed by atoms with Crippen molar-refractivity contribution in [2.24, 2.45) is 0 Å². The normalized spacial score (nSPS) is 10.4. The van der Waals surface area contributed by atoms with Crippen LogP contribution in [-0.2, 0) is 0 Å². The highest BCUT2D eigenvalue weighted by atomic mass is 16.1. The Morgan fingerprint density at radius 1 is 1.43 bits per heavy atom. The van der Waals surface area contributed by atoms with Crippen LogP contribution < -0.4 is 4.90 Å². The lowest BCUT2D eigenvalue weighted by atomic mass is 10.1. The second-order valence-corrected chi connectivity index (χ2v) is 3.68. The van der Waals surface area contributed by atoms with Crippen LogP contribution in [0.2, 0.25) is 0 Å². The summed E-state index contributed by atoms with van der Waals surface area (Å²) in [5, 5.41) is 0. The molecule has 0 amide bonds. The molecule has 1 heterocycles. The van der Waals surface area contributed by atoms with Crippen molar-refractivity contribution in [1.82, 2.24) is 9.97 Å². The molecule has 76 valence electrons. The summed E-state index contributed by atoms with van der Waals surface area (Å²) < 4.78 is 0. The second-order valence-electron chi connectivity index (χ2n) is 3.68. The molecule has 14 heavy (non-hydrogen) atoms. The minimum atomic E-state index is 0.233. The number of rotatable bonds is 3. The summed E-state index contributed by atoms with van der Waals surface area (Å²) in [6.45, 7) is 4.02. The van der Waals surface area contributed by atoms with Crippen LogP contribution in [0, 0.1) is 0 Å². The molecule has 0 aliphatic heterocycles. The van der Waals surface area contributed by atoms with Crippen LogP contribution in [0.15, 0.2) is 6.20 Å². The van der Waals surface area contributed by atoms with Crippen molar-refractivity contribution in [2.75, 3.05) is 19.0 Å². The molecule has 0 fully saturated rings. The third-order valence-corrected chi connectivity index (χ3v) is 1.91. The Hall–Kier alpha value is -1.45. The summed E-state index contributed by atoms with van der Waals surface area (Å²) in [7, 11) is 3.75. The molecule has 4 nitrogen and oxygen atoms in total. The molecular weight excluding hydrogens is 178 g/mol. The van der Waals surface area contributed by atoms with Gasteiger partial charge in [-0.2, -0.15) is 0 Å². The third kappa shape index (κ3) is 2.07. The zero-order chi connectivity index (χ0) is 10.7. The summed E-state index contributed by atoms with van der Waals surface area (Å²) in [5.41, 5.74) is 1.38. The molecule has 0 aliphatic carbocycles. The van der Waals surface area contributed by atoms with Gasteiger partial charge in [0.15, 0.2) is 6.29 Å². The Kier molecular flexibility index (Phi) is 3.17. The van der Waals surface area contributed by atoms with Gasteiger partial charge < -0.3 is 4.90 Å². The molecule has 0 N–H and O–H groups in total. The van der Waals surface area contributed by atoms with Crippen LogP contribution >= 0.6 is 0 Å². The average molecular weight is 193 g/mol. The van der Waals surface area contributed by atoms with Gasteiger partial charge in [0.05, 0.1) is 11.3 Å². The Balaban J connectivity index is 3.20. The highest BCUT2D eigenvalue weighted by Gasteiger charge is 2.10. The average Bonchev–Trinajstić information content (AvgIpc) is 2.16. The molecule has 0 bridgehead atoms. The van der Waals surface area contributed by atoms with Gasteiger partial charge in [0.2, 0.25) is 5.95 Å². The fourth-order valence-corrected chi connectivity index (χ4v) is 1.16. The molecule has 4 heteroatoms. The number of aromatic nitrogens is 2. The number of hydrogen-bond acceptors (Lipinski definition) is 4. The standard InChI is InChI=1S/C10H15N3O/c1-7(2)9-8(6-14)5-11-10(12-9)13(3)4/h5-7H,1-4H3. The number of hydrogen-bond donors (Lipinski definition) is 0. The van der Waals surface area contributed by atoms with Gasteiger partial charge >= 0.3 is 0 Å². The van der Waals surface area contributed by atoms with Crippen molar-refractivity contribution < 1.29 is 4.79 Å². The van der Waals surface area contributed by atoms with Crippen LogP contribution in [0.3, 0.4) is 0 Å². The summed E-state index contributed by atoms with van der Waals surface area (Å²) in [6, 6.07) is 0. The van der Waals surface area contributed by atoms with E-state index in [1.807, 2.05) is 32.8 Å². The van der Waals surface area contributed by atoms with Crippen LogP contribution in [0.5, 0.6) is 0 Å². The number of aldehydes is 1. The summed E-state index contributed by atoms with van der Waals surface area (Å²) in [5.74, 6) is 0.871. The Labute approximate surface area is 84.0 Å². The molecule has 0 atom stereocenters. The lowest BCUT2D eigenvalue weighted by Crippen LogP contribution is -2.15. The second kappa shape index (κ2) is 4.17. The Morgan fingerprint density at radius 3 is 2.50 bits per heavy atom. The molecule has 0 radical (unpaired) electrons. The minimum absolute atomic E-state index is 0.233. The quantitative estimate of drug-likeness (QED) is 0.682. The molecule has 0 unspecified atom stereocenters. The molecule has 0 saturated heterocycles. The van der Waals surface area contributed by atoms with Crippen molar-refractivity contribution in [3.63, 3.8) is 0 Å². The molecule has 0 spiro atoms. The predicted molar refractivity (Wildman–Crippen MR) is 55.8 cm³/mol. The van der Waals surface area contributed by atoms with Crippen molar-refractivity contribution in [3.05, 3.63) is 17.5 Å². The van der Waals surface area contributed by atoms with Gasteiger partial charge in [0.1, 0.15) is 0 Å². The van der Waals surface area contributed by atoms with Crippen LogP contribution in [0.4, 0.5) is 5.95 Å². The fraction of sp³-hybridized carbons (Fsp3) is 0.500. The highest BCUT2D eigenvalue weighted by Crippen LogP contribution is 2.17. The zero-order valence-corrected chi connectivity index (χ0v) is 8.98. The number of anilines is 1. The fourth-order valence-electron chi connectivity index (χ4n) is 1.16. The maximum Gasteiger partial charge on any atom is 0.225 e. The predicted octanol–water partition coefficient (Wildman–Crippen LogP) is 1.48. The smallest absolute Gasteiger partial charge is 0.225 e. The summed E-state index contributed by atoms with van der Waals surface area (Å²) >= 11 is 0. The van der Waals surface area contributed by atoms with Gasteiger partial charge in [0.25, 0.3) is 0 Å². The number of carbonyl (C=O) groups is 1. The first-order valence-corrected chi connectivity index (χ1v) is 4.55. The monoisotopic (exact) mass is 193 g/mol. The molecular formula is C10H15N3O. The van der Waals surface area contributed by atoms with E-state index >= 15 is 0 Å². The van der Waals surface area contributed by atoms with E-state index < -0.39 is 0 Å². The topological polar surface area (TPSA) is 46.1 Å². The Bertz CT molecular complexity index is 334. The maximum atomic E-state index is 10.7. The van der Waals surface area contributed by atoms with E-state index in [1.54, 1.807) is 6.20 Å². The van der Waals surface area contributed by atoms with Gasteiger partial charge in [0, 0.05) is 20.3 Å². The van der Waals surface area contributed by atoms with Crippen molar-refractivity contribution in [2.45, 2.75) is 19.8 Å². The summed E-state index contributed by atoms with van der Waals surface area (Å²) in [4.78, 5) is 20.9. The first-order chi connectivity index (χ1) is 6.56. The van der Waals surface area contributed by atoms with Gasteiger partial charge in [-0.25, -0.2) is 9.97 Å². The SMILES string of the molecule is CC(C)c1nc(N(C)C)ncc1C=O. The number of carbonyl (C=O) groups excluding carboxylic acids is 1. The third-order valence-electron chi connectivity index (χ3n) is 1.91. The van der Waals surface area contributed by atoms with E-state index in [2.05, 4.69) is 9.97 Å². The maximum absolute atomic E-state index is 10.7. The van der Waals surface area contributed by atoms with Crippen LogP contribution in [0.25, 0.3) is 0 Å². The zero-order valence-electron chi connectivity index (χ0n) is 8.98. The van der Waals surface area contributed by atoms with Gasteiger partial charge in [-0.3, -0.25) is 4.79 Å². The van der Waals surface area contributed by atoms with E-state index in [1.165, 1.54) is 0 Å². The van der Waals surface area contributed by atoms with E-state index in [4.69, 9.17) is 0 Å². The van der Waals surface area contributed by atoms with E-state index in [0.29, 0.717) is 11.5 Å². The molecule has 1 aromatic heterocycles. The molecule has 1 aromatic rings. The van der Waals surface area contributed by atoms with Crippen molar-refractivity contribution in [3.8, 4) is 0 Å². The first-order valence-electron chi connectivity index (χ1n) is 4.55. The van der Waals surface area contributed by atoms with E-state index in [-0.39, 0.29) is 5.92 Å². The van der Waals surface area contributed by atoms with E-state index in [0.717, 1.165) is 12.0 Å². The lowest BCUT2D eigenvalue weighted by Gasteiger charge is -2.13. The molecule has 0 saturated carbocycles. The number of nitrogens with zero attached hydrogens (tertiary/aromatic N) is 3. The van der Waals surface area contributed by atoms with Gasteiger partial charge in [-0.1, -0.05) is 13.8 Å². The first kappa shape index (κ1) is 10.6. The Morgan fingerprint density at radius 2 is 2.07 bits per heavy atom. The lowest BCUT2D eigenvalue weighted by molar-refractivity contribution is 0.112. The van der Waals surface area contributed by atoms with Crippen molar-refractivity contribution in [1.29, 1.82) is 0 Å². The van der Waals surface area contributed by atoms with Crippen LogP contribution in [-0.4, -0.2) is 30.3 Å². The summed E-state index contributed by atoms with van der Waals surface area (Å²) in [6.07, 6.45) is 2.37. The minimum Gasteiger partial charge on any atom is -0.347 e. The molecule has 0 aliphatic rings.